The molecular weight excluding hydrogens is 238 g/mol. The van der Waals surface area contributed by atoms with Gasteiger partial charge >= 0.3 is 11.7 Å². The quantitative estimate of drug-likeness (QED) is 0.715. The number of carbonyl (C=O) groups is 2. The molecule has 0 aromatic carbocycles. The number of aliphatic carboxylic acids is 1. The molecule has 1 heterocycles. The molecule has 0 atom stereocenters. The van der Waals surface area contributed by atoms with E-state index in [1.54, 1.807) is 6.07 Å². The SMILES string of the molecule is O=C(Cn1cccnc1=O)NCC1(C(=O)O)CC1. The number of nitrogens with zero attached hydrogens (tertiary/aromatic N) is 2. The van der Waals surface area contributed by atoms with Crippen LogP contribution in [0.3, 0.4) is 0 Å². The fourth-order valence-electron chi connectivity index (χ4n) is 1.60. The summed E-state index contributed by atoms with van der Waals surface area (Å²) in [7, 11) is 0. The van der Waals surface area contributed by atoms with Gasteiger partial charge in [0.2, 0.25) is 5.91 Å². The van der Waals surface area contributed by atoms with E-state index in [2.05, 4.69) is 10.3 Å². The summed E-state index contributed by atoms with van der Waals surface area (Å²) in [6.07, 6.45) is 3.96. The zero-order valence-corrected chi connectivity index (χ0v) is 9.63. The minimum absolute atomic E-state index is 0.107. The number of carbonyl (C=O) groups excluding carboxylic acids is 1. The minimum Gasteiger partial charge on any atom is -0.481 e. The van der Waals surface area contributed by atoms with E-state index < -0.39 is 23.0 Å². The minimum atomic E-state index is -0.888. The Kier molecular flexibility index (Phi) is 3.14. The van der Waals surface area contributed by atoms with E-state index in [1.165, 1.54) is 12.4 Å². The van der Waals surface area contributed by atoms with E-state index in [-0.39, 0.29) is 13.1 Å². The van der Waals surface area contributed by atoms with E-state index >= 15 is 0 Å². The predicted molar refractivity (Wildman–Crippen MR) is 60.8 cm³/mol. The largest absolute Gasteiger partial charge is 0.481 e. The van der Waals surface area contributed by atoms with Crippen molar-refractivity contribution in [2.24, 2.45) is 5.41 Å². The molecular formula is C11H13N3O4. The van der Waals surface area contributed by atoms with Crippen LogP contribution in [0.5, 0.6) is 0 Å². The van der Waals surface area contributed by atoms with Crippen molar-refractivity contribution in [1.29, 1.82) is 0 Å². The van der Waals surface area contributed by atoms with Crippen molar-refractivity contribution in [3.05, 3.63) is 28.9 Å². The topological polar surface area (TPSA) is 101 Å². The third kappa shape index (κ3) is 2.55. The van der Waals surface area contributed by atoms with Gasteiger partial charge in [0, 0.05) is 18.9 Å². The average Bonchev–Trinajstić information content (AvgIpc) is 3.11. The molecule has 1 aliphatic carbocycles. The van der Waals surface area contributed by atoms with Crippen LogP contribution >= 0.6 is 0 Å². The summed E-state index contributed by atoms with van der Waals surface area (Å²) >= 11 is 0. The molecule has 18 heavy (non-hydrogen) atoms. The summed E-state index contributed by atoms with van der Waals surface area (Å²) < 4.78 is 1.16. The Balaban J connectivity index is 1.89. The molecule has 1 saturated carbocycles. The van der Waals surface area contributed by atoms with Crippen molar-refractivity contribution >= 4 is 11.9 Å². The van der Waals surface area contributed by atoms with Gasteiger partial charge in [0.05, 0.1) is 5.41 Å². The van der Waals surface area contributed by atoms with Crippen molar-refractivity contribution in [2.45, 2.75) is 19.4 Å². The molecule has 1 fully saturated rings. The second-order valence-corrected chi connectivity index (χ2v) is 4.39. The first kappa shape index (κ1) is 12.3. The van der Waals surface area contributed by atoms with Crippen LogP contribution in [-0.2, 0) is 16.1 Å². The van der Waals surface area contributed by atoms with E-state index in [0.717, 1.165) is 4.57 Å². The second kappa shape index (κ2) is 4.59. The third-order valence-corrected chi connectivity index (χ3v) is 3.03. The summed E-state index contributed by atoms with van der Waals surface area (Å²) in [6, 6.07) is 1.55. The first-order valence-corrected chi connectivity index (χ1v) is 5.55. The van der Waals surface area contributed by atoms with Crippen molar-refractivity contribution < 1.29 is 14.7 Å². The first-order chi connectivity index (χ1) is 8.53. The van der Waals surface area contributed by atoms with Crippen LogP contribution < -0.4 is 11.0 Å². The highest BCUT2D eigenvalue weighted by atomic mass is 16.4. The number of nitrogens with one attached hydrogen (secondary N) is 1. The Morgan fingerprint density at radius 1 is 1.50 bits per heavy atom. The number of aromatic nitrogens is 2. The lowest BCUT2D eigenvalue weighted by molar-refractivity contribution is -0.143. The van der Waals surface area contributed by atoms with E-state index in [9.17, 15) is 14.4 Å². The number of carboxylic acids is 1. The summed E-state index contributed by atoms with van der Waals surface area (Å²) in [5.74, 6) is -1.28. The molecule has 0 spiro atoms. The summed E-state index contributed by atoms with van der Waals surface area (Å²) in [5, 5.41) is 11.5. The number of carboxylic acid groups (broad SMARTS) is 1. The van der Waals surface area contributed by atoms with Gasteiger partial charge in [-0.15, -0.1) is 0 Å². The molecule has 2 rings (SSSR count). The maximum atomic E-state index is 11.6. The number of hydrogen-bond donors (Lipinski definition) is 2. The monoisotopic (exact) mass is 251 g/mol. The summed E-state index contributed by atoms with van der Waals surface area (Å²) in [4.78, 5) is 37.2. The van der Waals surface area contributed by atoms with Gasteiger partial charge in [0.25, 0.3) is 0 Å². The summed E-state index contributed by atoms with van der Waals surface area (Å²) in [5.41, 5.74) is -1.30. The maximum absolute atomic E-state index is 11.6. The van der Waals surface area contributed by atoms with Gasteiger partial charge in [0.1, 0.15) is 6.54 Å². The molecule has 0 unspecified atom stereocenters. The zero-order chi connectivity index (χ0) is 13.2. The van der Waals surface area contributed by atoms with E-state index in [1.807, 2.05) is 0 Å². The normalized spacial score (nSPS) is 16.0. The fraction of sp³-hybridized carbons (Fsp3) is 0.455. The molecule has 0 saturated heterocycles. The van der Waals surface area contributed by atoms with E-state index in [0.29, 0.717) is 12.8 Å². The molecule has 0 bridgehead atoms. The average molecular weight is 251 g/mol. The van der Waals surface area contributed by atoms with E-state index in [4.69, 9.17) is 5.11 Å². The van der Waals surface area contributed by atoms with Gasteiger partial charge in [-0.25, -0.2) is 9.78 Å². The maximum Gasteiger partial charge on any atom is 0.347 e. The van der Waals surface area contributed by atoms with Crippen LogP contribution in [0.4, 0.5) is 0 Å². The first-order valence-electron chi connectivity index (χ1n) is 5.55. The summed E-state index contributed by atoms with van der Waals surface area (Å²) in [6.45, 7) is -0.0431. The van der Waals surface area contributed by atoms with Gasteiger partial charge in [-0.05, 0) is 18.9 Å². The number of rotatable bonds is 5. The number of amides is 1. The lowest BCUT2D eigenvalue weighted by Crippen LogP contribution is -2.38. The molecule has 1 amide bonds. The molecule has 1 aliphatic rings. The standard InChI is InChI=1S/C11H13N3O4/c15-8(6-14-5-1-4-12-10(14)18)13-7-11(2-3-11)9(16)17/h1,4-5H,2-3,6-7H2,(H,13,15)(H,16,17). The van der Waals surface area contributed by atoms with Crippen LogP contribution in [0.25, 0.3) is 0 Å². The number of hydrogen-bond acceptors (Lipinski definition) is 4. The molecule has 2 N–H and O–H groups in total. The highest BCUT2D eigenvalue weighted by Gasteiger charge is 2.50. The molecule has 7 heteroatoms. The van der Waals surface area contributed by atoms with Gasteiger partial charge < -0.3 is 10.4 Å². The van der Waals surface area contributed by atoms with Crippen LogP contribution in [-0.4, -0.2) is 33.1 Å². The zero-order valence-electron chi connectivity index (χ0n) is 9.63. The molecule has 0 radical (unpaired) electrons. The van der Waals surface area contributed by atoms with Crippen LogP contribution in [0.2, 0.25) is 0 Å². The van der Waals surface area contributed by atoms with Gasteiger partial charge in [0.15, 0.2) is 0 Å². The van der Waals surface area contributed by atoms with Crippen molar-refractivity contribution in [3.8, 4) is 0 Å². The van der Waals surface area contributed by atoms with Gasteiger partial charge in [-0.1, -0.05) is 0 Å². The smallest absolute Gasteiger partial charge is 0.347 e. The molecule has 1 aromatic heterocycles. The second-order valence-electron chi connectivity index (χ2n) is 4.39. The predicted octanol–water partition coefficient (Wildman–Crippen LogP) is -0.776. The van der Waals surface area contributed by atoms with Crippen LogP contribution in [0.1, 0.15) is 12.8 Å². The molecule has 96 valence electrons. The van der Waals surface area contributed by atoms with Gasteiger partial charge in [-0.2, -0.15) is 0 Å². The molecule has 7 nitrogen and oxygen atoms in total. The van der Waals surface area contributed by atoms with Crippen molar-refractivity contribution in [2.75, 3.05) is 6.54 Å². The Hall–Kier alpha value is -2.18. The van der Waals surface area contributed by atoms with Gasteiger partial charge in [-0.3, -0.25) is 14.2 Å². The van der Waals surface area contributed by atoms with Crippen LogP contribution in [0, 0.1) is 5.41 Å². The van der Waals surface area contributed by atoms with Crippen molar-refractivity contribution in [1.82, 2.24) is 14.9 Å². The Morgan fingerprint density at radius 3 is 2.78 bits per heavy atom. The third-order valence-electron chi connectivity index (χ3n) is 3.03. The Labute approximate surface area is 102 Å². The fourth-order valence-corrected chi connectivity index (χ4v) is 1.60. The Morgan fingerprint density at radius 2 is 2.22 bits per heavy atom. The molecule has 0 aliphatic heterocycles. The van der Waals surface area contributed by atoms with Crippen molar-refractivity contribution in [3.63, 3.8) is 0 Å². The highest BCUT2D eigenvalue weighted by Crippen LogP contribution is 2.45. The van der Waals surface area contributed by atoms with Crippen LogP contribution in [0.15, 0.2) is 23.3 Å². The lowest BCUT2D eigenvalue weighted by atomic mass is 10.1. The lowest BCUT2D eigenvalue weighted by Gasteiger charge is -2.11. The Bertz CT molecular complexity index is 533. The highest BCUT2D eigenvalue weighted by molar-refractivity contribution is 5.80. The molecule has 1 aromatic rings.